The van der Waals surface area contributed by atoms with Crippen molar-refractivity contribution in [2.45, 2.75) is 37.0 Å². The molecule has 0 aromatic rings. The van der Waals surface area contributed by atoms with Crippen LogP contribution in [0.3, 0.4) is 0 Å². The van der Waals surface area contributed by atoms with E-state index in [1.165, 1.54) is 6.92 Å². The first-order valence-corrected chi connectivity index (χ1v) is 6.87. The molecule has 0 saturated carbocycles. The van der Waals surface area contributed by atoms with Crippen LogP contribution < -0.4 is 0 Å². The normalized spacial score (nSPS) is 31.7. The first-order chi connectivity index (χ1) is 8.62. The van der Waals surface area contributed by atoms with E-state index in [9.17, 15) is 4.79 Å². The highest BCUT2D eigenvalue weighted by Gasteiger charge is 2.42. The molecule has 0 spiro atoms. The van der Waals surface area contributed by atoms with E-state index in [4.69, 9.17) is 54.4 Å². The topological polar surface area (TPSA) is 68.6 Å². The Bertz CT molecular complexity index is 358. The molecule has 0 amide bonds. The molecule has 0 aromatic carbocycles. The number of nitrogens with one attached hydrogen (secondary N) is 1. The van der Waals surface area contributed by atoms with Gasteiger partial charge in [-0.2, -0.15) is 0 Å². The van der Waals surface area contributed by atoms with Crippen LogP contribution in [0, 0.1) is 17.2 Å². The summed E-state index contributed by atoms with van der Waals surface area (Å²) in [7, 11) is 0. The summed E-state index contributed by atoms with van der Waals surface area (Å²) >= 11 is 16.6. The van der Waals surface area contributed by atoms with E-state index < -0.39 is 28.1 Å². The van der Waals surface area contributed by atoms with Gasteiger partial charge in [-0.3, -0.25) is 10.2 Å². The van der Waals surface area contributed by atoms with Gasteiger partial charge in [0.25, 0.3) is 3.79 Å². The number of ether oxygens (including phenoxy) is 3. The number of esters is 1. The zero-order valence-corrected chi connectivity index (χ0v) is 13.1. The van der Waals surface area contributed by atoms with Gasteiger partial charge in [-0.15, -0.1) is 0 Å². The molecule has 1 saturated heterocycles. The Morgan fingerprint density at radius 1 is 1.32 bits per heavy atom. The third-order valence-electron chi connectivity index (χ3n) is 3.00. The molecule has 1 heterocycles. The molecule has 2 unspecified atom stereocenters. The Kier molecular flexibility index (Phi) is 5.74. The molecule has 0 aromatic heterocycles. The average molecular weight is 333 g/mol. The van der Waals surface area contributed by atoms with Crippen molar-refractivity contribution in [3.8, 4) is 0 Å². The van der Waals surface area contributed by atoms with Crippen LogP contribution in [0.4, 0.5) is 0 Å². The van der Waals surface area contributed by atoms with Crippen molar-refractivity contribution in [2.24, 2.45) is 11.8 Å². The standard InChI is InChI=1S/C11H16Cl3NO4/c1-5-4-17-9(19-10(15)11(12,13)14)8(6(5)2)18-7(3)16/h5-6,8-9,15H,4H2,1-3H3/t5-,6+,8?,9?/m1/s1. The quantitative estimate of drug-likeness (QED) is 0.365. The van der Waals surface area contributed by atoms with Crippen molar-refractivity contribution in [3.05, 3.63) is 0 Å². The molecular formula is C11H16Cl3NO4. The number of hydrogen-bond donors (Lipinski definition) is 1. The predicted molar refractivity (Wildman–Crippen MR) is 72.7 cm³/mol. The molecule has 5 nitrogen and oxygen atoms in total. The van der Waals surface area contributed by atoms with Crippen LogP contribution in [0.25, 0.3) is 0 Å². The summed E-state index contributed by atoms with van der Waals surface area (Å²) in [5.41, 5.74) is 0. The van der Waals surface area contributed by atoms with E-state index in [0.717, 1.165) is 0 Å². The second-order valence-corrected chi connectivity index (χ2v) is 6.84. The molecule has 110 valence electrons. The van der Waals surface area contributed by atoms with Crippen molar-refractivity contribution < 1.29 is 19.0 Å². The number of carbonyl (C=O) groups excluding carboxylic acids is 1. The third kappa shape index (κ3) is 4.67. The Morgan fingerprint density at radius 3 is 2.37 bits per heavy atom. The molecule has 1 aliphatic heterocycles. The molecule has 1 N–H and O–H groups in total. The van der Waals surface area contributed by atoms with Gasteiger partial charge < -0.3 is 14.2 Å². The average Bonchev–Trinajstić information content (AvgIpc) is 2.26. The maximum atomic E-state index is 11.1. The van der Waals surface area contributed by atoms with E-state index in [1.54, 1.807) is 0 Å². The Morgan fingerprint density at radius 2 is 1.89 bits per heavy atom. The first kappa shape index (κ1) is 16.8. The van der Waals surface area contributed by atoms with Gasteiger partial charge in [0.1, 0.15) is 0 Å². The van der Waals surface area contributed by atoms with E-state index in [-0.39, 0.29) is 11.8 Å². The molecule has 1 rings (SSSR count). The predicted octanol–water partition coefficient (Wildman–Crippen LogP) is 2.91. The van der Waals surface area contributed by atoms with Crippen LogP contribution in [0.5, 0.6) is 0 Å². The molecule has 0 aliphatic carbocycles. The fourth-order valence-electron chi connectivity index (χ4n) is 1.70. The summed E-state index contributed by atoms with van der Waals surface area (Å²) in [6.07, 6.45) is -1.59. The van der Waals surface area contributed by atoms with Crippen molar-refractivity contribution in [1.29, 1.82) is 5.41 Å². The van der Waals surface area contributed by atoms with E-state index in [1.807, 2.05) is 13.8 Å². The summed E-state index contributed by atoms with van der Waals surface area (Å²) < 4.78 is 13.8. The molecule has 0 radical (unpaired) electrons. The van der Waals surface area contributed by atoms with Crippen molar-refractivity contribution in [3.63, 3.8) is 0 Å². The minimum Gasteiger partial charge on any atom is -0.456 e. The van der Waals surface area contributed by atoms with Gasteiger partial charge in [0.2, 0.25) is 12.2 Å². The van der Waals surface area contributed by atoms with E-state index >= 15 is 0 Å². The Hall–Kier alpha value is -0.230. The summed E-state index contributed by atoms with van der Waals surface area (Å²) in [5.74, 6) is -0.832. The van der Waals surface area contributed by atoms with Crippen LogP contribution in [-0.4, -0.2) is 34.7 Å². The monoisotopic (exact) mass is 331 g/mol. The molecule has 8 heteroatoms. The van der Waals surface area contributed by atoms with Crippen LogP contribution in [-0.2, 0) is 19.0 Å². The number of halogens is 3. The van der Waals surface area contributed by atoms with E-state index in [0.29, 0.717) is 6.61 Å². The molecule has 1 aliphatic rings. The van der Waals surface area contributed by atoms with Crippen molar-refractivity contribution >= 4 is 46.7 Å². The minimum atomic E-state index is -1.98. The largest absolute Gasteiger partial charge is 0.456 e. The van der Waals surface area contributed by atoms with Gasteiger partial charge in [0.15, 0.2) is 6.10 Å². The van der Waals surface area contributed by atoms with Gasteiger partial charge in [-0.1, -0.05) is 48.7 Å². The van der Waals surface area contributed by atoms with Gasteiger partial charge in [-0.05, 0) is 5.92 Å². The SMILES string of the molecule is CC(=O)OC1C(OC(=N)C(Cl)(Cl)Cl)OC[C@@H](C)[C@@H]1C. The van der Waals surface area contributed by atoms with Gasteiger partial charge in [0, 0.05) is 12.8 Å². The summed E-state index contributed by atoms with van der Waals surface area (Å²) in [5, 5.41) is 7.53. The van der Waals surface area contributed by atoms with Gasteiger partial charge in [-0.25, -0.2) is 0 Å². The van der Waals surface area contributed by atoms with Gasteiger partial charge >= 0.3 is 5.97 Å². The molecule has 1 fully saturated rings. The fourth-order valence-corrected chi connectivity index (χ4v) is 1.84. The lowest BCUT2D eigenvalue weighted by Gasteiger charge is -2.39. The molecule has 4 atom stereocenters. The molecule has 19 heavy (non-hydrogen) atoms. The zero-order chi connectivity index (χ0) is 14.8. The number of carbonyl (C=O) groups is 1. The number of rotatable bonds is 2. The second-order valence-electron chi connectivity index (χ2n) is 4.56. The second kappa shape index (κ2) is 6.48. The highest BCUT2D eigenvalue weighted by atomic mass is 35.6. The zero-order valence-electron chi connectivity index (χ0n) is 10.8. The highest BCUT2D eigenvalue weighted by Crippen LogP contribution is 2.33. The minimum absolute atomic E-state index is 0.00539. The van der Waals surface area contributed by atoms with Crippen molar-refractivity contribution in [2.75, 3.05) is 6.61 Å². The van der Waals surface area contributed by atoms with Crippen LogP contribution in [0.2, 0.25) is 0 Å². The number of alkyl halides is 3. The van der Waals surface area contributed by atoms with Gasteiger partial charge in [0.05, 0.1) is 6.61 Å². The van der Waals surface area contributed by atoms with Crippen molar-refractivity contribution in [1.82, 2.24) is 0 Å². The summed E-state index contributed by atoms with van der Waals surface area (Å²) in [6.45, 7) is 5.59. The fraction of sp³-hybridized carbons (Fsp3) is 0.818. The molecular weight excluding hydrogens is 316 g/mol. The van der Waals surface area contributed by atoms with Crippen LogP contribution >= 0.6 is 34.8 Å². The Labute approximate surface area is 126 Å². The lowest BCUT2D eigenvalue weighted by Crippen LogP contribution is -2.49. The maximum Gasteiger partial charge on any atom is 0.303 e. The highest BCUT2D eigenvalue weighted by molar-refractivity contribution is 6.76. The summed E-state index contributed by atoms with van der Waals surface area (Å²) in [6, 6.07) is 0. The van der Waals surface area contributed by atoms with E-state index in [2.05, 4.69) is 0 Å². The lowest BCUT2D eigenvalue weighted by molar-refractivity contribution is -0.225. The lowest BCUT2D eigenvalue weighted by atomic mass is 9.88. The summed E-state index contributed by atoms with van der Waals surface area (Å²) in [4.78, 5) is 11.1. The number of hydrogen-bond acceptors (Lipinski definition) is 5. The smallest absolute Gasteiger partial charge is 0.303 e. The van der Waals surface area contributed by atoms with Crippen LogP contribution in [0.15, 0.2) is 0 Å². The van der Waals surface area contributed by atoms with Crippen LogP contribution in [0.1, 0.15) is 20.8 Å². The first-order valence-electron chi connectivity index (χ1n) is 5.74. The molecule has 0 bridgehead atoms. The third-order valence-corrected chi connectivity index (χ3v) is 3.52. The maximum absolute atomic E-state index is 11.1. The Balaban J connectivity index is 2.78.